The average Bonchev–Trinajstić information content (AvgIpc) is 2.97. The number of sulfone groups is 1. The Balaban J connectivity index is 1.69. The lowest BCUT2D eigenvalue weighted by atomic mass is 9.89. The van der Waals surface area contributed by atoms with Crippen LogP contribution in [0, 0.1) is 12.8 Å². The molecular weight excluding hydrogens is 356 g/mol. The summed E-state index contributed by atoms with van der Waals surface area (Å²) in [7, 11) is -3.18. The Morgan fingerprint density at radius 2 is 1.74 bits per heavy atom. The maximum Gasteiger partial charge on any atom is 0.175 e. The SMILES string of the molecule is Cc1cn(CC2CCCCC2)c2nc(-c3ccc(S(C)(=O)=O)cc3)ccc12. The molecule has 142 valence electrons. The molecule has 4 nitrogen and oxygen atoms in total. The van der Waals surface area contributed by atoms with Crippen molar-refractivity contribution in [2.45, 2.75) is 50.5 Å². The van der Waals surface area contributed by atoms with Crippen molar-refractivity contribution in [1.29, 1.82) is 0 Å². The molecule has 1 aromatic carbocycles. The Kier molecular flexibility index (Phi) is 4.81. The normalized spacial score (nSPS) is 16.1. The van der Waals surface area contributed by atoms with Gasteiger partial charge in [0.15, 0.2) is 9.84 Å². The highest BCUT2D eigenvalue weighted by Gasteiger charge is 2.17. The van der Waals surface area contributed by atoms with E-state index in [4.69, 9.17) is 4.98 Å². The lowest BCUT2D eigenvalue weighted by molar-refractivity contribution is 0.322. The van der Waals surface area contributed by atoms with Gasteiger partial charge in [-0.15, -0.1) is 0 Å². The minimum Gasteiger partial charge on any atom is -0.332 e. The minimum atomic E-state index is -3.18. The van der Waals surface area contributed by atoms with Crippen molar-refractivity contribution in [2.24, 2.45) is 5.92 Å². The second-order valence-electron chi connectivity index (χ2n) is 7.83. The Morgan fingerprint density at radius 1 is 1.04 bits per heavy atom. The molecule has 1 saturated carbocycles. The van der Waals surface area contributed by atoms with Gasteiger partial charge in [-0.3, -0.25) is 0 Å². The van der Waals surface area contributed by atoms with E-state index in [1.165, 1.54) is 49.3 Å². The summed E-state index contributed by atoms with van der Waals surface area (Å²) < 4.78 is 25.7. The molecule has 4 rings (SSSR count). The number of nitrogens with zero attached hydrogens (tertiary/aromatic N) is 2. The van der Waals surface area contributed by atoms with Crippen LogP contribution in [0.1, 0.15) is 37.7 Å². The van der Waals surface area contributed by atoms with Gasteiger partial charge in [0.05, 0.1) is 10.6 Å². The van der Waals surface area contributed by atoms with Crippen molar-refractivity contribution in [3.05, 3.63) is 48.2 Å². The zero-order valence-corrected chi connectivity index (χ0v) is 16.8. The van der Waals surface area contributed by atoms with Crippen LogP contribution in [0.5, 0.6) is 0 Å². The highest BCUT2D eigenvalue weighted by atomic mass is 32.2. The summed E-state index contributed by atoms with van der Waals surface area (Å²) >= 11 is 0. The first-order valence-electron chi connectivity index (χ1n) is 9.69. The van der Waals surface area contributed by atoms with Gasteiger partial charge in [0.1, 0.15) is 5.65 Å². The largest absolute Gasteiger partial charge is 0.332 e. The van der Waals surface area contributed by atoms with Gasteiger partial charge < -0.3 is 4.57 Å². The molecule has 0 amide bonds. The first-order valence-corrected chi connectivity index (χ1v) is 11.6. The topological polar surface area (TPSA) is 52.0 Å². The Labute approximate surface area is 161 Å². The van der Waals surface area contributed by atoms with E-state index in [9.17, 15) is 8.42 Å². The molecule has 0 aliphatic heterocycles. The summed E-state index contributed by atoms with van der Waals surface area (Å²) in [5.74, 6) is 0.744. The zero-order valence-electron chi connectivity index (χ0n) is 16.0. The summed E-state index contributed by atoms with van der Waals surface area (Å²) in [5.41, 5.74) is 4.10. The van der Waals surface area contributed by atoms with Gasteiger partial charge in [-0.1, -0.05) is 31.4 Å². The van der Waals surface area contributed by atoms with Crippen LogP contribution in [0.15, 0.2) is 47.5 Å². The van der Waals surface area contributed by atoms with Gasteiger partial charge in [0.25, 0.3) is 0 Å². The second-order valence-corrected chi connectivity index (χ2v) is 9.85. The van der Waals surface area contributed by atoms with E-state index in [1.807, 2.05) is 18.2 Å². The van der Waals surface area contributed by atoms with E-state index < -0.39 is 9.84 Å². The third-order valence-corrected chi connectivity index (χ3v) is 6.81. The monoisotopic (exact) mass is 382 g/mol. The number of aryl methyl sites for hydroxylation is 1. The highest BCUT2D eigenvalue weighted by Crippen LogP contribution is 2.29. The number of hydrogen-bond donors (Lipinski definition) is 0. The third-order valence-electron chi connectivity index (χ3n) is 5.68. The molecule has 27 heavy (non-hydrogen) atoms. The van der Waals surface area contributed by atoms with E-state index in [1.54, 1.807) is 12.1 Å². The smallest absolute Gasteiger partial charge is 0.175 e. The van der Waals surface area contributed by atoms with Crippen molar-refractivity contribution in [3.8, 4) is 11.3 Å². The van der Waals surface area contributed by atoms with Crippen molar-refractivity contribution in [1.82, 2.24) is 9.55 Å². The first kappa shape index (κ1) is 18.2. The summed E-state index contributed by atoms with van der Waals surface area (Å²) in [4.78, 5) is 5.27. The predicted octanol–water partition coefficient (Wildman–Crippen LogP) is 5.00. The molecular formula is C22H26N2O2S. The number of benzene rings is 1. The molecule has 5 heteroatoms. The quantitative estimate of drug-likeness (QED) is 0.638. The fourth-order valence-corrected chi connectivity index (χ4v) is 4.79. The van der Waals surface area contributed by atoms with Crippen molar-refractivity contribution in [3.63, 3.8) is 0 Å². The summed E-state index contributed by atoms with van der Waals surface area (Å²) in [6, 6.07) is 11.1. The van der Waals surface area contributed by atoms with E-state index in [0.29, 0.717) is 4.90 Å². The Morgan fingerprint density at radius 3 is 2.41 bits per heavy atom. The lowest BCUT2D eigenvalue weighted by Gasteiger charge is -2.22. The average molecular weight is 383 g/mol. The van der Waals surface area contributed by atoms with Gasteiger partial charge in [0, 0.05) is 29.9 Å². The Hall–Kier alpha value is -2.14. The molecule has 1 aliphatic carbocycles. The van der Waals surface area contributed by atoms with Crippen LogP contribution in [0.2, 0.25) is 0 Å². The molecule has 0 atom stereocenters. The number of aromatic nitrogens is 2. The van der Waals surface area contributed by atoms with Crippen molar-refractivity contribution in [2.75, 3.05) is 6.26 Å². The van der Waals surface area contributed by atoms with Gasteiger partial charge >= 0.3 is 0 Å². The summed E-state index contributed by atoms with van der Waals surface area (Å²) in [5, 5.41) is 1.20. The zero-order chi connectivity index (χ0) is 19.0. The summed E-state index contributed by atoms with van der Waals surface area (Å²) in [6.07, 6.45) is 10.1. The molecule has 3 aromatic rings. The van der Waals surface area contributed by atoms with Crippen LogP contribution in [-0.4, -0.2) is 24.2 Å². The van der Waals surface area contributed by atoms with Gasteiger partial charge in [-0.05, 0) is 55.5 Å². The summed E-state index contributed by atoms with van der Waals surface area (Å²) in [6.45, 7) is 3.18. The number of pyridine rings is 1. The van der Waals surface area contributed by atoms with E-state index >= 15 is 0 Å². The molecule has 0 radical (unpaired) electrons. The minimum absolute atomic E-state index is 0.337. The molecule has 0 spiro atoms. The number of hydrogen-bond acceptors (Lipinski definition) is 3. The van der Waals surface area contributed by atoms with Crippen molar-refractivity contribution < 1.29 is 8.42 Å². The maximum absolute atomic E-state index is 11.7. The van der Waals surface area contributed by atoms with Crippen LogP contribution in [0.25, 0.3) is 22.3 Å². The molecule has 2 aromatic heterocycles. The van der Waals surface area contributed by atoms with E-state index in [0.717, 1.165) is 29.4 Å². The number of fused-ring (bicyclic) bond motifs is 1. The van der Waals surface area contributed by atoms with Gasteiger partial charge in [-0.25, -0.2) is 13.4 Å². The van der Waals surface area contributed by atoms with Crippen LogP contribution in [0.4, 0.5) is 0 Å². The van der Waals surface area contributed by atoms with Gasteiger partial charge in [-0.2, -0.15) is 0 Å². The molecule has 1 fully saturated rings. The second kappa shape index (κ2) is 7.12. The van der Waals surface area contributed by atoms with Crippen LogP contribution < -0.4 is 0 Å². The molecule has 0 N–H and O–H groups in total. The molecule has 2 heterocycles. The third kappa shape index (κ3) is 3.79. The van der Waals surface area contributed by atoms with E-state index in [2.05, 4.69) is 23.8 Å². The maximum atomic E-state index is 11.7. The lowest BCUT2D eigenvalue weighted by Crippen LogP contribution is -2.13. The first-order chi connectivity index (χ1) is 12.9. The van der Waals surface area contributed by atoms with Crippen molar-refractivity contribution >= 4 is 20.9 Å². The predicted molar refractivity (Wildman–Crippen MR) is 110 cm³/mol. The highest BCUT2D eigenvalue weighted by molar-refractivity contribution is 7.90. The fraction of sp³-hybridized carbons (Fsp3) is 0.409. The molecule has 0 saturated heterocycles. The molecule has 1 aliphatic rings. The number of rotatable bonds is 4. The fourth-order valence-electron chi connectivity index (χ4n) is 4.16. The molecule has 0 bridgehead atoms. The van der Waals surface area contributed by atoms with Crippen LogP contribution in [-0.2, 0) is 16.4 Å². The standard InChI is InChI=1S/C22H26N2O2S/c1-16-14-24(15-17-6-4-3-5-7-17)22-20(16)12-13-21(23-22)18-8-10-19(11-9-18)27(2,25)26/h8-14,17H,3-7,15H2,1-2H3. The molecule has 0 unspecified atom stereocenters. The Bertz CT molecular complexity index is 1060. The van der Waals surface area contributed by atoms with Crippen LogP contribution in [0.3, 0.4) is 0 Å². The van der Waals surface area contributed by atoms with Gasteiger partial charge in [0.2, 0.25) is 0 Å². The van der Waals surface area contributed by atoms with E-state index in [-0.39, 0.29) is 0 Å². The van der Waals surface area contributed by atoms with Crippen LogP contribution >= 0.6 is 0 Å².